The van der Waals surface area contributed by atoms with E-state index in [4.69, 9.17) is 18.9 Å². The van der Waals surface area contributed by atoms with Gasteiger partial charge in [0.25, 0.3) is 0 Å². The molecule has 1 fully saturated rings. The zero-order valence-corrected chi connectivity index (χ0v) is 20.8. The van der Waals surface area contributed by atoms with Crippen LogP contribution in [0.15, 0.2) is 24.3 Å². The summed E-state index contributed by atoms with van der Waals surface area (Å²) in [5.74, 6) is -0.450. The van der Waals surface area contributed by atoms with Crippen LogP contribution in [-0.4, -0.2) is 59.9 Å². The first kappa shape index (κ1) is 27.8. The van der Waals surface area contributed by atoms with Crippen LogP contribution in [0.3, 0.4) is 0 Å². The molecule has 190 valence electrons. The number of carbonyl (C=O) groups excluding carboxylic acids is 1. The Kier molecular flexibility index (Phi) is 10.7. The van der Waals surface area contributed by atoms with Crippen LogP contribution in [0.25, 0.3) is 0 Å². The fraction of sp³-hybridized carbons (Fsp3) is 0.500. The Morgan fingerprint density at radius 1 is 1.23 bits per heavy atom. The second-order valence-corrected chi connectivity index (χ2v) is 8.15. The van der Waals surface area contributed by atoms with E-state index < -0.39 is 34.2 Å². The largest absolute Gasteiger partial charge is 0.464 e. The minimum atomic E-state index is -0.813. The molecule has 2 heterocycles. The molecule has 1 unspecified atom stereocenters. The smallest absolute Gasteiger partial charge is 0.353 e. The molecular weight excluding hydrogens is 476 g/mol. The van der Waals surface area contributed by atoms with Crippen LogP contribution in [0.1, 0.15) is 43.6 Å². The van der Waals surface area contributed by atoms with E-state index in [-0.39, 0.29) is 30.6 Å². The van der Waals surface area contributed by atoms with E-state index in [1.165, 1.54) is 18.4 Å². The second-order valence-electron chi connectivity index (χ2n) is 8.01. The van der Waals surface area contributed by atoms with Crippen molar-refractivity contribution in [2.24, 2.45) is 0 Å². The fourth-order valence-corrected chi connectivity index (χ4v) is 3.88. The summed E-state index contributed by atoms with van der Waals surface area (Å²) >= 11 is -0.750. The number of esters is 1. The average molecular weight is 507 g/mol. The van der Waals surface area contributed by atoms with Crippen molar-refractivity contribution < 1.29 is 22.9 Å². The van der Waals surface area contributed by atoms with Gasteiger partial charge in [-0.15, -0.1) is 0 Å². The van der Waals surface area contributed by atoms with Gasteiger partial charge in [0, 0.05) is 13.1 Å². The zero-order chi connectivity index (χ0) is 26.0. The van der Waals surface area contributed by atoms with Gasteiger partial charge in [-0.3, -0.25) is 15.0 Å². The maximum absolute atomic E-state index is 12.5. The van der Waals surface area contributed by atoms with Crippen LogP contribution >= 0.6 is 0 Å². The lowest BCUT2D eigenvalue weighted by Crippen LogP contribution is -2.41. The maximum atomic E-state index is 12.5. The molecule has 2 aromatic rings. The van der Waals surface area contributed by atoms with Crippen molar-refractivity contribution in [3.63, 3.8) is 0 Å². The van der Waals surface area contributed by atoms with E-state index >= 15 is 0 Å². The van der Waals surface area contributed by atoms with Gasteiger partial charge in [-0.05, 0) is 57.8 Å². The van der Waals surface area contributed by atoms with Crippen LogP contribution < -0.4 is 10.6 Å². The van der Waals surface area contributed by atoms with E-state index in [0.29, 0.717) is 0 Å². The van der Waals surface area contributed by atoms with Gasteiger partial charge in [-0.1, -0.05) is 24.3 Å². The molecule has 1 aromatic heterocycles. The lowest BCUT2D eigenvalue weighted by molar-refractivity contribution is -0.383. The molecule has 0 saturated carbocycles. The number of likely N-dealkylation sites (tertiary alicyclic amines) is 1. The number of nitrogen functional groups attached to an aromatic ring is 1. The molecule has 3 rings (SSSR count). The van der Waals surface area contributed by atoms with E-state index in [1.807, 2.05) is 12.1 Å². The predicted octanol–water partition coefficient (Wildman–Crippen LogP) is 2.16. The number of ether oxygens (including phenoxy) is 1. The Balaban J connectivity index is 0.00000137. The van der Waals surface area contributed by atoms with Crippen LogP contribution in [0, 0.1) is 17.0 Å². The Hall–Kier alpha value is -3.45. The molecule has 0 bridgehead atoms. The molecular formula is C22H30N6O6S. The third kappa shape index (κ3) is 7.79. The van der Waals surface area contributed by atoms with Crippen molar-refractivity contribution in [1.82, 2.24) is 14.9 Å². The Labute approximate surface area is 207 Å². The summed E-state index contributed by atoms with van der Waals surface area (Å²) in [7, 11) is 0. The average Bonchev–Trinajstić information content (AvgIpc) is 3.31. The molecule has 0 spiro atoms. The number of anilines is 2. The summed E-state index contributed by atoms with van der Waals surface area (Å²) in [6.07, 6.45) is 2.47. The number of benzene rings is 1. The van der Waals surface area contributed by atoms with E-state index in [1.54, 1.807) is 25.7 Å². The summed E-state index contributed by atoms with van der Waals surface area (Å²) < 4.78 is 21.8. The number of nitrogens with zero attached hydrogens (tertiary/aromatic N) is 5. The number of carbonyl (C=O) groups is 1. The van der Waals surface area contributed by atoms with Gasteiger partial charge in [-0.25, -0.2) is 14.8 Å². The van der Waals surface area contributed by atoms with E-state index in [9.17, 15) is 14.9 Å². The summed E-state index contributed by atoms with van der Waals surface area (Å²) in [5, 5.41) is 11.7. The summed E-state index contributed by atoms with van der Waals surface area (Å²) in [6, 6.07) is 7.23. The minimum Gasteiger partial charge on any atom is -0.464 e. The van der Waals surface area contributed by atoms with Crippen molar-refractivity contribution in [2.45, 2.75) is 52.7 Å². The number of aryl methyl sites for hydroxylation is 1. The second kappa shape index (κ2) is 13.4. The molecule has 2 N–H and O–H groups in total. The normalized spacial score (nSPS) is 13.9. The Morgan fingerprint density at radius 2 is 1.80 bits per heavy atom. The molecule has 0 amide bonds. The zero-order valence-electron chi connectivity index (χ0n) is 20.0. The molecule has 1 aliphatic heterocycles. The molecule has 1 saturated heterocycles. The van der Waals surface area contributed by atoms with Crippen LogP contribution in [-0.2, 0) is 34.2 Å². The Bertz CT molecular complexity index is 1060. The third-order valence-electron chi connectivity index (χ3n) is 5.53. The van der Waals surface area contributed by atoms with Crippen molar-refractivity contribution >= 4 is 34.9 Å². The van der Waals surface area contributed by atoms with Crippen LogP contribution in [0.4, 0.5) is 17.3 Å². The standard InChI is InChI=1S/C22H30N6O4.O2S/c1-4-32-22(29)15(2)27(21-19(28(30)31)20(23)24-16(3)25-21)14-18-9-7-17(8-10-18)13-26-11-5-6-12-26;1-3-2/h7-10,15H,4-6,11-14H2,1-3H3,(H2,23,24,25);. The fourth-order valence-electron chi connectivity index (χ4n) is 3.88. The number of hydrogen-bond donors (Lipinski definition) is 1. The molecule has 0 radical (unpaired) electrons. The number of aromatic nitrogens is 2. The van der Waals surface area contributed by atoms with Crippen molar-refractivity contribution in [3.8, 4) is 0 Å². The monoisotopic (exact) mass is 506 g/mol. The summed E-state index contributed by atoms with van der Waals surface area (Å²) in [6.45, 7) is 8.51. The highest BCUT2D eigenvalue weighted by atomic mass is 32.1. The third-order valence-corrected chi connectivity index (χ3v) is 5.53. The van der Waals surface area contributed by atoms with Gasteiger partial charge in [0.1, 0.15) is 11.9 Å². The molecule has 1 aliphatic rings. The first-order chi connectivity index (χ1) is 16.7. The molecule has 1 atom stereocenters. The maximum Gasteiger partial charge on any atom is 0.353 e. The van der Waals surface area contributed by atoms with Gasteiger partial charge in [0.05, 0.1) is 11.5 Å². The van der Waals surface area contributed by atoms with Crippen LogP contribution in [0.5, 0.6) is 0 Å². The number of rotatable bonds is 9. The van der Waals surface area contributed by atoms with Gasteiger partial charge < -0.3 is 15.4 Å². The number of nitrogens with two attached hydrogens (primary N) is 1. The lowest BCUT2D eigenvalue weighted by Gasteiger charge is -2.29. The van der Waals surface area contributed by atoms with Crippen molar-refractivity contribution in [2.75, 3.05) is 30.3 Å². The quantitative estimate of drug-likeness (QED) is 0.301. The van der Waals surface area contributed by atoms with Gasteiger partial charge in [-0.2, -0.15) is 8.42 Å². The lowest BCUT2D eigenvalue weighted by atomic mass is 10.1. The van der Waals surface area contributed by atoms with Crippen molar-refractivity contribution in [1.29, 1.82) is 0 Å². The van der Waals surface area contributed by atoms with Crippen molar-refractivity contribution in [3.05, 3.63) is 51.3 Å². The van der Waals surface area contributed by atoms with E-state index in [0.717, 1.165) is 25.2 Å². The van der Waals surface area contributed by atoms with Crippen LogP contribution in [0.2, 0.25) is 0 Å². The Morgan fingerprint density at radius 3 is 2.34 bits per heavy atom. The molecule has 13 heteroatoms. The van der Waals surface area contributed by atoms with Gasteiger partial charge in [0.2, 0.25) is 11.6 Å². The highest BCUT2D eigenvalue weighted by Crippen LogP contribution is 2.33. The number of hydrogen-bond acceptors (Lipinski definition) is 11. The number of nitro groups is 1. The van der Waals surface area contributed by atoms with Gasteiger partial charge >= 0.3 is 23.2 Å². The SMILES string of the molecule is CCOC(=O)C(C)N(Cc1ccc(CN2CCCC2)cc1)c1nc(C)nc(N)c1[N+](=O)[O-].O=S=O. The summed E-state index contributed by atoms with van der Waals surface area (Å²) in [5.41, 5.74) is 7.51. The highest BCUT2D eigenvalue weighted by Gasteiger charge is 2.32. The highest BCUT2D eigenvalue weighted by molar-refractivity contribution is 7.51. The van der Waals surface area contributed by atoms with E-state index in [2.05, 4.69) is 27.0 Å². The van der Waals surface area contributed by atoms with Gasteiger partial charge in [0.15, 0.2) is 0 Å². The minimum absolute atomic E-state index is 0.00157. The first-order valence-electron chi connectivity index (χ1n) is 11.2. The molecule has 0 aliphatic carbocycles. The first-order valence-corrected chi connectivity index (χ1v) is 11.8. The molecule has 12 nitrogen and oxygen atoms in total. The topological polar surface area (TPSA) is 162 Å². The summed E-state index contributed by atoms with van der Waals surface area (Å²) in [4.78, 5) is 35.8. The molecule has 35 heavy (non-hydrogen) atoms. The predicted molar refractivity (Wildman–Crippen MR) is 130 cm³/mol. The molecule has 1 aromatic carbocycles.